The van der Waals surface area contributed by atoms with Gasteiger partial charge in [0.1, 0.15) is 17.2 Å². The first-order valence-corrected chi connectivity index (χ1v) is 7.81. The first-order valence-electron chi connectivity index (χ1n) is 6.45. The van der Waals surface area contributed by atoms with Gasteiger partial charge in [-0.3, -0.25) is 4.79 Å². The minimum absolute atomic E-state index is 0.0304. The van der Waals surface area contributed by atoms with E-state index in [1.54, 1.807) is 18.2 Å². The highest BCUT2D eigenvalue weighted by Crippen LogP contribution is 2.25. The van der Waals surface area contributed by atoms with Gasteiger partial charge in [-0.25, -0.2) is 13.8 Å². The second-order valence-electron chi connectivity index (χ2n) is 4.55. The standard InChI is InChI=1S/C15H9ClF2N2O2S/c16-8-1-4-13-12(5-8)20-15(22-13)23-7-14(21)19-11-3-2-9(17)6-10(11)18/h1-6H,7H2,(H,19,21). The number of thioether (sulfide) groups is 1. The van der Waals surface area contributed by atoms with Crippen molar-refractivity contribution in [2.45, 2.75) is 5.22 Å². The van der Waals surface area contributed by atoms with Crippen molar-refractivity contribution in [2.24, 2.45) is 0 Å². The zero-order valence-corrected chi connectivity index (χ0v) is 13.0. The van der Waals surface area contributed by atoms with Gasteiger partial charge < -0.3 is 9.73 Å². The Bertz CT molecular complexity index is 885. The van der Waals surface area contributed by atoms with Crippen LogP contribution in [-0.4, -0.2) is 16.6 Å². The molecule has 3 rings (SSSR count). The molecule has 0 radical (unpaired) electrons. The Balaban J connectivity index is 1.63. The summed E-state index contributed by atoms with van der Waals surface area (Å²) in [6.07, 6.45) is 0. The van der Waals surface area contributed by atoms with Gasteiger partial charge >= 0.3 is 0 Å². The van der Waals surface area contributed by atoms with Crippen LogP contribution in [0.25, 0.3) is 11.1 Å². The number of amides is 1. The van der Waals surface area contributed by atoms with Crippen molar-refractivity contribution in [3.8, 4) is 0 Å². The number of hydrogen-bond acceptors (Lipinski definition) is 4. The molecule has 0 fully saturated rings. The van der Waals surface area contributed by atoms with E-state index in [1.165, 1.54) is 0 Å². The van der Waals surface area contributed by atoms with Crippen LogP contribution in [-0.2, 0) is 4.79 Å². The lowest BCUT2D eigenvalue weighted by molar-refractivity contribution is -0.113. The van der Waals surface area contributed by atoms with E-state index in [0.717, 1.165) is 23.9 Å². The Hall–Kier alpha value is -2.12. The second-order valence-corrected chi connectivity index (χ2v) is 5.92. The van der Waals surface area contributed by atoms with Crippen molar-refractivity contribution in [3.05, 3.63) is 53.1 Å². The van der Waals surface area contributed by atoms with E-state index in [-0.39, 0.29) is 11.4 Å². The molecule has 0 aliphatic carbocycles. The molecule has 0 saturated heterocycles. The van der Waals surface area contributed by atoms with E-state index >= 15 is 0 Å². The summed E-state index contributed by atoms with van der Waals surface area (Å²) in [4.78, 5) is 16.0. The van der Waals surface area contributed by atoms with Gasteiger partial charge in [-0.15, -0.1) is 0 Å². The molecular weight excluding hydrogens is 346 g/mol. The second kappa shape index (κ2) is 6.55. The molecule has 8 heteroatoms. The van der Waals surface area contributed by atoms with E-state index in [2.05, 4.69) is 10.3 Å². The molecule has 0 aliphatic rings. The van der Waals surface area contributed by atoms with Crippen molar-refractivity contribution in [2.75, 3.05) is 11.1 Å². The summed E-state index contributed by atoms with van der Waals surface area (Å²) < 4.78 is 31.7. The summed E-state index contributed by atoms with van der Waals surface area (Å²) in [6.45, 7) is 0. The highest BCUT2D eigenvalue weighted by molar-refractivity contribution is 7.99. The lowest BCUT2D eigenvalue weighted by atomic mass is 10.3. The summed E-state index contributed by atoms with van der Waals surface area (Å²) in [5.41, 5.74) is 1.06. The molecule has 23 heavy (non-hydrogen) atoms. The predicted molar refractivity (Wildman–Crippen MR) is 84.7 cm³/mol. The summed E-state index contributed by atoms with van der Waals surface area (Å²) in [5.74, 6) is -2.03. The Morgan fingerprint density at radius 1 is 1.26 bits per heavy atom. The smallest absolute Gasteiger partial charge is 0.257 e. The Morgan fingerprint density at radius 3 is 2.87 bits per heavy atom. The van der Waals surface area contributed by atoms with E-state index in [9.17, 15) is 13.6 Å². The van der Waals surface area contributed by atoms with Gasteiger partial charge in [-0.1, -0.05) is 23.4 Å². The van der Waals surface area contributed by atoms with Gasteiger partial charge in [0.15, 0.2) is 5.58 Å². The minimum atomic E-state index is -0.833. The summed E-state index contributed by atoms with van der Waals surface area (Å²) in [7, 11) is 0. The SMILES string of the molecule is O=C(CSc1nc2cc(Cl)ccc2o1)Nc1ccc(F)cc1F. The Kier molecular flexibility index (Phi) is 4.49. The summed E-state index contributed by atoms with van der Waals surface area (Å²) in [6, 6.07) is 7.94. The molecule has 1 aromatic heterocycles. The summed E-state index contributed by atoms with van der Waals surface area (Å²) in [5, 5.41) is 3.20. The number of benzene rings is 2. The molecule has 1 N–H and O–H groups in total. The van der Waals surface area contributed by atoms with E-state index in [4.69, 9.17) is 16.0 Å². The maximum absolute atomic E-state index is 13.4. The normalized spacial score (nSPS) is 10.9. The average molecular weight is 355 g/mol. The van der Waals surface area contributed by atoms with E-state index < -0.39 is 17.5 Å². The molecule has 0 saturated carbocycles. The van der Waals surface area contributed by atoms with E-state index in [1.807, 2.05) is 0 Å². The molecule has 3 aromatic rings. The van der Waals surface area contributed by atoms with Crippen LogP contribution in [0.1, 0.15) is 0 Å². The number of fused-ring (bicyclic) bond motifs is 1. The van der Waals surface area contributed by atoms with Crippen molar-refractivity contribution in [1.29, 1.82) is 0 Å². The van der Waals surface area contributed by atoms with Crippen LogP contribution < -0.4 is 5.32 Å². The maximum Gasteiger partial charge on any atom is 0.257 e. The molecule has 2 aromatic carbocycles. The number of nitrogens with one attached hydrogen (secondary N) is 1. The molecule has 0 aliphatic heterocycles. The van der Waals surface area contributed by atoms with Crippen LogP contribution in [0.4, 0.5) is 14.5 Å². The fraction of sp³-hybridized carbons (Fsp3) is 0.0667. The maximum atomic E-state index is 13.4. The van der Waals surface area contributed by atoms with Gasteiger partial charge in [-0.2, -0.15) is 0 Å². The van der Waals surface area contributed by atoms with Crippen LogP contribution >= 0.6 is 23.4 Å². The number of aromatic nitrogens is 1. The zero-order valence-electron chi connectivity index (χ0n) is 11.5. The third-order valence-electron chi connectivity index (χ3n) is 2.86. The molecule has 0 bridgehead atoms. The number of carbonyl (C=O) groups is 1. The summed E-state index contributed by atoms with van der Waals surface area (Å²) >= 11 is 6.92. The topological polar surface area (TPSA) is 55.1 Å². The molecule has 118 valence electrons. The number of hydrogen-bond donors (Lipinski definition) is 1. The number of anilines is 1. The van der Waals surface area contributed by atoms with Gasteiger partial charge in [0, 0.05) is 11.1 Å². The van der Waals surface area contributed by atoms with Crippen LogP contribution in [0, 0.1) is 11.6 Å². The third-order valence-corrected chi connectivity index (χ3v) is 3.93. The van der Waals surface area contributed by atoms with Crippen LogP contribution in [0.5, 0.6) is 0 Å². The molecule has 4 nitrogen and oxygen atoms in total. The average Bonchev–Trinajstić information content (AvgIpc) is 2.90. The number of carbonyl (C=O) groups excluding carboxylic acids is 1. The molecule has 1 amide bonds. The van der Waals surface area contributed by atoms with Crippen LogP contribution in [0.15, 0.2) is 46.0 Å². The quantitative estimate of drug-likeness (QED) is 0.701. The third kappa shape index (κ3) is 3.80. The van der Waals surface area contributed by atoms with Gasteiger partial charge in [0.25, 0.3) is 5.22 Å². The van der Waals surface area contributed by atoms with Crippen LogP contribution in [0.3, 0.4) is 0 Å². The van der Waals surface area contributed by atoms with Gasteiger partial charge in [0.2, 0.25) is 5.91 Å². The molecule has 0 spiro atoms. The monoisotopic (exact) mass is 354 g/mol. The molecule has 1 heterocycles. The first-order chi connectivity index (χ1) is 11.0. The molecular formula is C15H9ClF2N2O2S. The lowest BCUT2D eigenvalue weighted by Gasteiger charge is -2.05. The highest BCUT2D eigenvalue weighted by atomic mass is 35.5. The van der Waals surface area contributed by atoms with Crippen molar-refractivity contribution < 1.29 is 18.0 Å². The molecule has 0 atom stereocenters. The minimum Gasteiger partial charge on any atom is -0.431 e. The largest absolute Gasteiger partial charge is 0.431 e. The molecule has 0 unspecified atom stereocenters. The number of rotatable bonds is 4. The fourth-order valence-electron chi connectivity index (χ4n) is 1.85. The Morgan fingerprint density at radius 2 is 2.09 bits per heavy atom. The zero-order chi connectivity index (χ0) is 16.4. The highest BCUT2D eigenvalue weighted by Gasteiger charge is 2.12. The Labute approximate surface area is 138 Å². The first kappa shape index (κ1) is 15.8. The number of oxazole rings is 1. The predicted octanol–water partition coefficient (Wildman–Crippen LogP) is 4.49. The fourth-order valence-corrected chi connectivity index (χ4v) is 2.65. The number of halogens is 3. The lowest BCUT2D eigenvalue weighted by Crippen LogP contribution is -2.15. The number of nitrogens with zero attached hydrogens (tertiary/aromatic N) is 1. The van der Waals surface area contributed by atoms with Crippen LogP contribution in [0.2, 0.25) is 5.02 Å². The van der Waals surface area contributed by atoms with Crippen molar-refractivity contribution in [1.82, 2.24) is 4.98 Å². The van der Waals surface area contributed by atoms with Gasteiger partial charge in [-0.05, 0) is 30.3 Å². The van der Waals surface area contributed by atoms with Crippen molar-refractivity contribution >= 4 is 46.1 Å². The van der Waals surface area contributed by atoms with Crippen molar-refractivity contribution in [3.63, 3.8) is 0 Å². The van der Waals surface area contributed by atoms with Gasteiger partial charge in [0.05, 0.1) is 11.4 Å². The van der Waals surface area contributed by atoms with E-state index in [0.29, 0.717) is 27.4 Å².